The number of hydrogen-bond acceptors (Lipinski definition) is 6. The van der Waals surface area contributed by atoms with E-state index in [1.807, 2.05) is 0 Å². The highest BCUT2D eigenvalue weighted by Gasteiger charge is 2.34. The molecule has 1 amide bonds. The second kappa shape index (κ2) is 7.23. The summed E-state index contributed by atoms with van der Waals surface area (Å²) < 4.78 is 30.5. The molecule has 0 saturated carbocycles. The molecule has 0 aliphatic carbocycles. The Bertz CT molecular complexity index is 686. The zero-order chi connectivity index (χ0) is 18.0. The molecule has 1 aliphatic heterocycles. The van der Waals surface area contributed by atoms with Crippen LogP contribution in [0, 0.1) is 0 Å². The number of piperidine rings is 1. The topological polar surface area (TPSA) is 89.5 Å². The fourth-order valence-electron chi connectivity index (χ4n) is 2.54. The Morgan fingerprint density at radius 2 is 2.04 bits per heavy atom. The molecule has 7 nitrogen and oxygen atoms in total. The fraction of sp³-hybridized carbons (Fsp3) is 0.667. The third-order valence-electron chi connectivity index (χ3n) is 3.59. The minimum atomic E-state index is -3.67. The molecule has 1 aromatic rings. The minimum Gasteiger partial charge on any atom is -0.444 e. The molecule has 9 heteroatoms. The van der Waals surface area contributed by atoms with Crippen molar-refractivity contribution in [1.82, 2.24) is 15.1 Å². The molecule has 2 rings (SSSR count). The second-order valence-corrected chi connectivity index (χ2v) is 9.17. The number of likely N-dealkylation sites (tertiary alicyclic amines) is 1. The van der Waals surface area contributed by atoms with E-state index in [0.29, 0.717) is 13.0 Å². The third kappa shape index (κ3) is 5.04. The van der Waals surface area contributed by atoms with Crippen molar-refractivity contribution in [3.63, 3.8) is 0 Å². The molecule has 1 saturated heterocycles. The molecular formula is C15H22ClN3O4S. The van der Waals surface area contributed by atoms with Gasteiger partial charge >= 0.3 is 6.09 Å². The van der Waals surface area contributed by atoms with Crippen molar-refractivity contribution in [1.29, 1.82) is 0 Å². The number of aromatic nitrogens is 2. The van der Waals surface area contributed by atoms with Gasteiger partial charge in [0.25, 0.3) is 0 Å². The number of nitrogens with zero attached hydrogens (tertiary/aromatic N) is 3. The third-order valence-corrected chi connectivity index (χ3v) is 5.47. The summed E-state index contributed by atoms with van der Waals surface area (Å²) in [4.78, 5) is 13.9. The minimum absolute atomic E-state index is 0.127. The van der Waals surface area contributed by atoms with Crippen molar-refractivity contribution in [3.8, 4) is 0 Å². The molecule has 134 valence electrons. The summed E-state index contributed by atoms with van der Waals surface area (Å²) in [6.45, 7) is 5.83. The quantitative estimate of drug-likeness (QED) is 0.806. The zero-order valence-corrected chi connectivity index (χ0v) is 15.6. The number of halogens is 1. The lowest BCUT2D eigenvalue weighted by atomic mass is 10.0. The SMILES string of the molecule is CC(C)(C)OC(=O)N1CCCC[C@H]1CS(=O)(=O)c1ccc(Cl)nn1. The molecule has 1 aromatic heterocycles. The van der Waals surface area contributed by atoms with E-state index in [9.17, 15) is 13.2 Å². The first-order valence-corrected chi connectivity index (χ1v) is 9.83. The zero-order valence-electron chi connectivity index (χ0n) is 14.0. The van der Waals surface area contributed by atoms with E-state index in [1.165, 1.54) is 17.0 Å². The Morgan fingerprint density at radius 1 is 1.33 bits per heavy atom. The van der Waals surface area contributed by atoms with Gasteiger partial charge < -0.3 is 9.64 Å². The first kappa shape index (κ1) is 18.9. The molecule has 1 atom stereocenters. The lowest BCUT2D eigenvalue weighted by molar-refractivity contribution is 0.0124. The number of hydrogen-bond donors (Lipinski definition) is 0. The van der Waals surface area contributed by atoms with Crippen LogP contribution in [0.5, 0.6) is 0 Å². The summed E-state index contributed by atoms with van der Waals surface area (Å²) in [7, 11) is -3.67. The van der Waals surface area contributed by atoms with Crippen LogP contribution in [-0.2, 0) is 14.6 Å². The van der Waals surface area contributed by atoms with E-state index in [-0.39, 0.29) is 15.9 Å². The van der Waals surface area contributed by atoms with Gasteiger partial charge in [0.2, 0.25) is 0 Å². The van der Waals surface area contributed by atoms with E-state index >= 15 is 0 Å². The Labute approximate surface area is 147 Å². The van der Waals surface area contributed by atoms with Crippen molar-refractivity contribution in [2.75, 3.05) is 12.3 Å². The van der Waals surface area contributed by atoms with Crippen molar-refractivity contribution < 1.29 is 17.9 Å². The predicted octanol–water partition coefficient (Wildman–Crippen LogP) is 2.69. The maximum atomic E-state index is 12.5. The summed E-state index contributed by atoms with van der Waals surface area (Å²) in [6, 6.07) is 2.27. The summed E-state index contributed by atoms with van der Waals surface area (Å²) >= 11 is 5.64. The smallest absolute Gasteiger partial charge is 0.410 e. The average Bonchev–Trinajstić information content (AvgIpc) is 2.46. The van der Waals surface area contributed by atoms with Gasteiger partial charge in [0, 0.05) is 12.6 Å². The maximum absolute atomic E-state index is 12.5. The van der Waals surface area contributed by atoms with Gasteiger partial charge in [-0.05, 0) is 52.2 Å². The van der Waals surface area contributed by atoms with Gasteiger partial charge in [-0.1, -0.05) is 11.6 Å². The van der Waals surface area contributed by atoms with Gasteiger partial charge in [0.05, 0.1) is 5.75 Å². The molecule has 0 N–H and O–H groups in total. The van der Waals surface area contributed by atoms with Gasteiger partial charge in [-0.3, -0.25) is 0 Å². The average molecular weight is 376 g/mol. The number of rotatable bonds is 3. The van der Waals surface area contributed by atoms with Crippen molar-refractivity contribution in [2.24, 2.45) is 0 Å². The first-order valence-electron chi connectivity index (χ1n) is 7.80. The molecule has 0 spiro atoms. The molecule has 0 unspecified atom stereocenters. The first-order chi connectivity index (χ1) is 11.1. The second-order valence-electron chi connectivity index (χ2n) is 6.80. The van der Waals surface area contributed by atoms with Crippen LogP contribution in [-0.4, -0.2) is 53.5 Å². The highest BCUT2D eigenvalue weighted by Crippen LogP contribution is 2.23. The number of ether oxygens (including phenoxy) is 1. The summed E-state index contributed by atoms with van der Waals surface area (Å²) in [5, 5.41) is 7.20. The number of amides is 1. The summed E-state index contributed by atoms with van der Waals surface area (Å²) in [6.07, 6.45) is 1.83. The van der Waals surface area contributed by atoms with E-state index in [4.69, 9.17) is 16.3 Å². The van der Waals surface area contributed by atoms with Gasteiger partial charge in [0.15, 0.2) is 20.0 Å². The van der Waals surface area contributed by atoms with Gasteiger partial charge in [-0.2, -0.15) is 0 Å². The highest BCUT2D eigenvalue weighted by molar-refractivity contribution is 7.91. The number of carbonyl (C=O) groups is 1. The standard InChI is InChI=1S/C15H22ClN3O4S/c1-15(2,3)23-14(20)19-9-5-4-6-11(19)10-24(21,22)13-8-7-12(16)17-18-13/h7-8,11H,4-6,9-10H2,1-3H3/t11-/m0/s1. The van der Waals surface area contributed by atoms with E-state index in [1.54, 1.807) is 20.8 Å². The van der Waals surface area contributed by atoms with Gasteiger partial charge in [-0.25, -0.2) is 13.2 Å². The molecular weight excluding hydrogens is 354 g/mol. The van der Waals surface area contributed by atoms with Gasteiger partial charge in [0.1, 0.15) is 5.60 Å². The van der Waals surface area contributed by atoms with E-state index in [0.717, 1.165) is 12.8 Å². The van der Waals surface area contributed by atoms with E-state index in [2.05, 4.69) is 10.2 Å². The Morgan fingerprint density at radius 3 is 2.62 bits per heavy atom. The molecule has 0 aromatic carbocycles. The van der Waals surface area contributed by atoms with Crippen LogP contribution >= 0.6 is 11.6 Å². The predicted molar refractivity (Wildman–Crippen MR) is 89.7 cm³/mol. The fourth-order valence-corrected chi connectivity index (χ4v) is 4.11. The van der Waals surface area contributed by atoms with Crippen molar-refractivity contribution in [3.05, 3.63) is 17.3 Å². The Kier molecular flexibility index (Phi) is 5.70. The van der Waals surface area contributed by atoms with E-state index < -0.39 is 27.6 Å². The van der Waals surface area contributed by atoms with Crippen LogP contribution in [0.3, 0.4) is 0 Å². The normalized spacial score (nSPS) is 19.2. The molecule has 2 heterocycles. The number of carbonyl (C=O) groups excluding carboxylic acids is 1. The van der Waals surface area contributed by atoms with Crippen LogP contribution in [0.2, 0.25) is 5.15 Å². The lowest BCUT2D eigenvalue weighted by Crippen LogP contribution is -2.49. The van der Waals surface area contributed by atoms with Crippen LogP contribution in [0.4, 0.5) is 4.79 Å². The monoisotopic (exact) mass is 375 g/mol. The highest BCUT2D eigenvalue weighted by atomic mass is 35.5. The van der Waals surface area contributed by atoms with Crippen LogP contribution in [0.15, 0.2) is 17.2 Å². The summed E-state index contributed by atoms with van der Waals surface area (Å²) in [5.74, 6) is -0.206. The molecule has 0 bridgehead atoms. The van der Waals surface area contributed by atoms with Crippen LogP contribution < -0.4 is 0 Å². The Hall–Kier alpha value is -1.41. The van der Waals surface area contributed by atoms with Crippen molar-refractivity contribution in [2.45, 2.75) is 56.7 Å². The van der Waals surface area contributed by atoms with Gasteiger partial charge in [-0.15, -0.1) is 10.2 Å². The molecule has 1 aliphatic rings. The van der Waals surface area contributed by atoms with Crippen molar-refractivity contribution >= 4 is 27.5 Å². The lowest BCUT2D eigenvalue weighted by Gasteiger charge is -2.36. The largest absolute Gasteiger partial charge is 0.444 e. The number of sulfone groups is 1. The Balaban J connectivity index is 2.15. The molecule has 24 heavy (non-hydrogen) atoms. The van der Waals surface area contributed by atoms with Crippen LogP contribution in [0.1, 0.15) is 40.0 Å². The molecule has 0 radical (unpaired) electrons. The molecule has 1 fully saturated rings. The maximum Gasteiger partial charge on any atom is 0.410 e. The van der Waals surface area contributed by atoms with Crippen LogP contribution in [0.25, 0.3) is 0 Å². The summed E-state index contributed by atoms with van der Waals surface area (Å²) in [5.41, 5.74) is -0.625.